The maximum absolute atomic E-state index is 11.5. The minimum atomic E-state index is -0.387. The largest absolute Gasteiger partial charge is 0.366 e. The summed E-state index contributed by atoms with van der Waals surface area (Å²) in [5, 5.41) is 0. The van der Waals surface area contributed by atoms with Crippen molar-refractivity contribution in [3.05, 3.63) is 102 Å². The van der Waals surface area contributed by atoms with Gasteiger partial charge in [-0.05, 0) is 37.1 Å². The van der Waals surface area contributed by atoms with Crippen molar-refractivity contribution < 1.29 is 4.79 Å². The van der Waals surface area contributed by atoms with E-state index in [9.17, 15) is 4.79 Å². The van der Waals surface area contributed by atoms with Crippen molar-refractivity contribution in [1.29, 1.82) is 0 Å². The number of nitrogens with zero attached hydrogens (tertiary/aromatic N) is 3. The quantitative estimate of drug-likeness (QED) is 0.200. The van der Waals surface area contributed by atoms with E-state index in [1.54, 1.807) is 0 Å². The molecule has 0 aliphatic rings. The lowest BCUT2D eigenvalue weighted by Crippen LogP contribution is -2.27. The first kappa shape index (κ1) is 27.3. The number of carbonyl (C=O) groups is 1. The molecule has 1 amide bonds. The van der Waals surface area contributed by atoms with Crippen LogP contribution in [0, 0.1) is 0 Å². The molecule has 5 nitrogen and oxygen atoms in total. The average Bonchev–Trinajstić information content (AvgIpc) is 3.32. The number of primary amides is 1. The first-order valence-corrected chi connectivity index (χ1v) is 13.9. The Labute approximate surface area is 227 Å². The minimum Gasteiger partial charge on any atom is -0.366 e. The number of aromatic nitrogens is 2. The number of imidazole rings is 1. The minimum absolute atomic E-state index is 0.387. The summed E-state index contributed by atoms with van der Waals surface area (Å²) in [5.41, 5.74) is 11.9. The molecule has 5 heteroatoms. The van der Waals surface area contributed by atoms with Crippen LogP contribution in [-0.2, 0) is 19.5 Å². The van der Waals surface area contributed by atoms with Gasteiger partial charge in [0.15, 0.2) is 0 Å². The van der Waals surface area contributed by atoms with E-state index in [1.165, 1.54) is 11.3 Å². The predicted molar refractivity (Wildman–Crippen MR) is 157 cm³/mol. The van der Waals surface area contributed by atoms with Crippen molar-refractivity contribution in [3.63, 3.8) is 0 Å². The Morgan fingerprint density at radius 2 is 1.45 bits per heavy atom. The number of amides is 1. The van der Waals surface area contributed by atoms with Crippen molar-refractivity contribution >= 4 is 5.91 Å². The Kier molecular flexibility index (Phi) is 9.88. The van der Waals surface area contributed by atoms with Crippen LogP contribution in [-0.4, -0.2) is 33.4 Å². The molecule has 3 aromatic carbocycles. The molecule has 0 aliphatic carbocycles. The third-order valence-electron chi connectivity index (χ3n) is 7.02. The zero-order chi connectivity index (χ0) is 26.7. The molecule has 198 valence electrons. The van der Waals surface area contributed by atoms with Gasteiger partial charge in [0.2, 0.25) is 5.91 Å². The van der Waals surface area contributed by atoms with Crippen LogP contribution in [0.1, 0.15) is 61.1 Å². The van der Waals surface area contributed by atoms with Crippen molar-refractivity contribution in [2.75, 3.05) is 13.1 Å². The molecule has 0 saturated heterocycles. The van der Waals surface area contributed by atoms with E-state index in [-0.39, 0.29) is 5.91 Å². The van der Waals surface area contributed by atoms with Gasteiger partial charge in [-0.25, -0.2) is 4.98 Å². The van der Waals surface area contributed by atoms with Crippen molar-refractivity contribution in [3.8, 4) is 22.6 Å². The number of benzene rings is 3. The molecule has 0 atom stereocenters. The second-order valence-corrected chi connectivity index (χ2v) is 9.91. The lowest BCUT2D eigenvalue weighted by Gasteiger charge is -2.23. The number of nitrogens with two attached hydrogens (primary N) is 1. The van der Waals surface area contributed by atoms with Gasteiger partial charge in [-0.15, -0.1) is 0 Å². The van der Waals surface area contributed by atoms with E-state index in [2.05, 4.69) is 84.0 Å². The van der Waals surface area contributed by atoms with Crippen molar-refractivity contribution in [2.45, 2.75) is 59.0 Å². The highest BCUT2D eigenvalue weighted by atomic mass is 16.1. The van der Waals surface area contributed by atoms with Crippen molar-refractivity contribution in [2.24, 2.45) is 5.73 Å². The highest BCUT2D eigenvalue weighted by molar-refractivity contribution is 5.92. The van der Waals surface area contributed by atoms with Crippen LogP contribution in [0.5, 0.6) is 0 Å². The van der Waals surface area contributed by atoms with Gasteiger partial charge in [0.25, 0.3) is 0 Å². The highest BCUT2D eigenvalue weighted by Gasteiger charge is 2.20. The van der Waals surface area contributed by atoms with E-state index in [0.29, 0.717) is 5.56 Å². The summed E-state index contributed by atoms with van der Waals surface area (Å²) in [6, 6.07) is 28.8. The number of hydrogen-bond donors (Lipinski definition) is 1. The van der Waals surface area contributed by atoms with Gasteiger partial charge in [0.1, 0.15) is 5.82 Å². The van der Waals surface area contributed by atoms with Crippen LogP contribution in [0.15, 0.2) is 84.9 Å². The lowest BCUT2D eigenvalue weighted by molar-refractivity contribution is 0.1000. The molecule has 2 N–H and O–H groups in total. The summed E-state index contributed by atoms with van der Waals surface area (Å²) >= 11 is 0. The standard InChI is InChI=1S/C33H40N4O/c1-3-5-22-36(25-26-17-19-28(20-18-26)32(34)38)24-21-30-31(27-13-9-7-10-14-27)35-33(37(30)23-6-4-2)29-15-11-8-12-16-29/h7-20H,3-6,21-25H2,1-2H3,(H2,34,38). The first-order chi connectivity index (χ1) is 18.6. The molecule has 0 fully saturated rings. The summed E-state index contributed by atoms with van der Waals surface area (Å²) in [4.78, 5) is 19.3. The van der Waals surface area contributed by atoms with Gasteiger partial charge < -0.3 is 10.3 Å². The second kappa shape index (κ2) is 13.7. The molecule has 0 aliphatic heterocycles. The summed E-state index contributed by atoms with van der Waals surface area (Å²) < 4.78 is 2.46. The van der Waals surface area contributed by atoms with Crippen LogP contribution in [0.3, 0.4) is 0 Å². The molecular weight excluding hydrogens is 468 g/mol. The fraction of sp³-hybridized carbons (Fsp3) is 0.333. The fourth-order valence-corrected chi connectivity index (χ4v) is 4.88. The summed E-state index contributed by atoms with van der Waals surface area (Å²) in [7, 11) is 0. The molecule has 4 rings (SSSR count). The van der Waals surface area contributed by atoms with Crippen LogP contribution >= 0.6 is 0 Å². The van der Waals surface area contributed by atoms with E-state index in [4.69, 9.17) is 10.7 Å². The summed E-state index contributed by atoms with van der Waals surface area (Å²) in [6.45, 7) is 8.24. The van der Waals surface area contributed by atoms with Crippen LogP contribution in [0.25, 0.3) is 22.6 Å². The smallest absolute Gasteiger partial charge is 0.248 e. The Morgan fingerprint density at radius 3 is 2.05 bits per heavy atom. The molecule has 1 heterocycles. The molecule has 0 bridgehead atoms. The molecule has 4 aromatic rings. The molecule has 0 saturated carbocycles. The molecular formula is C33H40N4O. The Balaban J connectivity index is 1.66. The highest BCUT2D eigenvalue weighted by Crippen LogP contribution is 2.30. The third kappa shape index (κ3) is 6.99. The predicted octanol–water partition coefficient (Wildman–Crippen LogP) is 6.96. The molecule has 38 heavy (non-hydrogen) atoms. The van der Waals surface area contributed by atoms with Gasteiger partial charge in [-0.1, -0.05) is 99.5 Å². The molecule has 0 radical (unpaired) electrons. The number of unbranched alkanes of at least 4 members (excludes halogenated alkanes) is 2. The van der Waals surface area contributed by atoms with Gasteiger partial charge in [-0.3, -0.25) is 9.69 Å². The lowest BCUT2D eigenvalue weighted by atomic mass is 10.1. The third-order valence-corrected chi connectivity index (χ3v) is 7.02. The molecule has 1 aromatic heterocycles. The van der Waals surface area contributed by atoms with Crippen molar-refractivity contribution in [1.82, 2.24) is 14.5 Å². The number of hydrogen-bond acceptors (Lipinski definition) is 3. The number of rotatable bonds is 14. The molecule has 0 unspecified atom stereocenters. The van der Waals surface area contributed by atoms with Gasteiger partial charge >= 0.3 is 0 Å². The van der Waals surface area contributed by atoms with Gasteiger partial charge in [0.05, 0.1) is 5.69 Å². The van der Waals surface area contributed by atoms with Crippen LogP contribution in [0.2, 0.25) is 0 Å². The van der Waals surface area contributed by atoms with Gasteiger partial charge in [-0.2, -0.15) is 0 Å². The average molecular weight is 509 g/mol. The normalized spacial score (nSPS) is 11.2. The topological polar surface area (TPSA) is 64.2 Å². The summed E-state index contributed by atoms with van der Waals surface area (Å²) in [5.74, 6) is 0.664. The Bertz CT molecular complexity index is 1280. The van der Waals surface area contributed by atoms with Crippen LogP contribution in [0.4, 0.5) is 0 Å². The number of carbonyl (C=O) groups excluding carboxylic acids is 1. The van der Waals surface area contributed by atoms with Crippen LogP contribution < -0.4 is 5.73 Å². The maximum Gasteiger partial charge on any atom is 0.248 e. The Hall–Kier alpha value is -3.70. The second-order valence-electron chi connectivity index (χ2n) is 9.91. The zero-order valence-electron chi connectivity index (χ0n) is 22.8. The van der Waals surface area contributed by atoms with Gasteiger partial charge in [0, 0.05) is 48.4 Å². The van der Waals surface area contributed by atoms with E-state index < -0.39 is 0 Å². The Morgan fingerprint density at radius 1 is 0.816 bits per heavy atom. The van der Waals surface area contributed by atoms with E-state index >= 15 is 0 Å². The molecule has 0 spiro atoms. The SMILES string of the molecule is CCCCN(CCc1c(-c2ccccc2)nc(-c2ccccc2)n1CCCC)Cc1ccc(C(N)=O)cc1. The fourth-order valence-electron chi connectivity index (χ4n) is 4.88. The zero-order valence-corrected chi connectivity index (χ0v) is 22.8. The maximum atomic E-state index is 11.5. The first-order valence-electron chi connectivity index (χ1n) is 13.9. The van der Waals surface area contributed by atoms with E-state index in [1.807, 2.05) is 24.3 Å². The summed E-state index contributed by atoms with van der Waals surface area (Å²) in [6.07, 6.45) is 5.46. The monoisotopic (exact) mass is 508 g/mol. The van der Waals surface area contributed by atoms with E-state index in [0.717, 1.165) is 80.9 Å².